The van der Waals surface area contributed by atoms with Gasteiger partial charge in [0.15, 0.2) is 6.10 Å². The molecule has 0 bridgehead atoms. The molecule has 2 atom stereocenters. The second-order valence-corrected chi connectivity index (χ2v) is 40.3. The van der Waals surface area contributed by atoms with E-state index in [0.29, 0.717) is 5.41 Å². The smallest absolute Gasteiger partial charge is 0.0134 e. The third-order valence-corrected chi connectivity index (χ3v) is 29.5. The number of aliphatic hydroxyl groups excluding tert-OH is 1. The quantitative estimate of drug-likeness (QED) is 0.0527. The van der Waals surface area contributed by atoms with Crippen LogP contribution in [-0.4, -0.2) is 42.7 Å². The monoisotopic (exact) mass is 1900 g/mol. The molecule has 14 rings (SSSR count). The van der Waals surface area contributed by atoms with Crippen molar-refractivity contribution in [3.63, 3.8) is 0 Å². The molecule has 0 saturated carbocycles. The number of terminal acetylenes is 2. The molecular weight excluding hydrogens is 1810 g/mol. The van der Waals surface area contributed by atoms with Gasteiger partial charge in [0.2, 0.25) is 0 Å². The van der Waals surface area contributed by atoms with Crippen molar-refractivity contribution in [2.45, 2.75) is 59.5 Å². The summed E-state index contributed by atoms with van der Waals surface area (Å²) in [6, 6.07) is 130. The third-order valence-electron chi connectivity index (χ3n) is 17.8. The van der Waals surface area contributed by atoms with E-state index in [-0.39, 0.29) is 57.2 Å². The number of rotatable bonds is 17. The molecule has 0 amide bonds. The molecule has 10 nitrogen and oxygen atoms in total. The van der Waals surface area contributed by atoms with Gasteiger partial charge < -0.3 is 26.7 Å². The van der Waals surface area contributed by atoms with E-state index in [2.05, 4.69) is 419 Å². The van der Waals surface area contributed by atoms with E-state index in [4.69, 9.17) is 70.4 Å². The average Bonchev–Trinajstić information content (AvgIpc) is 1.71. The Kier molecular flexibility index (Phi) is 48.1. The predicted octanol–water partition coefficient (Wildman–Crippen LogP) is 14.4. The van der Waals surface area contributed by atoms with Gasteiger partial charge in [-0.2, -0.15) is 42.3 Å². The number of esters is 1. The number of benzene rings is 12. The molecule has 119 heavy (non-hydrogen) atoms. The Morgan fingerprint density at radius 3 is 0.933 bits per heavy atom. The summed E-state index contributed by atoms with van der Waals surface area (Å²) in [7, 11) is 7.72. The second-order valence-electron chi connectivity index (χ2n) is 26.4. The molecular formula is C100H91Cl3O10OsP4S. The Balaban J connectivity index is 0.000000307. The Hall–Kier alpha value is -10.5. The Morgan fingerprint density at radius 1 is 0.479 bits per heavy atom. The molecule has 0 fully saturated rings. The van der Waals surface area contributed by atoms with Crippen LogP contribution in [0.1, 0.15) is 57.4 Å². The van der Waals surface area contributed by atoms with E-state index in [1.165, 1.54) is 87.2 Å². The van der Waals surface area contributed by atoms with Gasteiger partial charge in [-0.3, -0.25) is 4.79 Å². The molecule has 2 unspecified atom stereocenters. The van der Waals surface area contributed by atoms with Crippen molar-refractivity contribution in [1.82, 2.24) is 0 Å². The minimum absolute atomic E-state index is 0. The zero-order valence-electron chi connectivity index (χ0n) is 66.3. The number of allylic oxidation sites excluding steroid dienone is 1. The molecule has 0 spiro atoms. The number of carbonyl (C=O) groups is 1. The molecule has 0 saturated heterocycles. The molecule has 606 valence electrons. The molecule has 1 heterocycles. The number of halogens is 3. The van der Waals surface area contributed by atoms with Crippen molar-refractivity contribution in [1.29, 1.82) is 0 Å². The van der Waals surface area contributed by atoms with Gasteiger partial charge in [-0.05, 0) is 146 Å². The summed E-state index contributed by atoms with van der Waals surface area (Å²) in [5.74, 6) is 10.1. The number of furan rings is 1. The summed E-state index contributed by atoms with van der Waals surface area (Å²) < 4.78 is 10.8. The van der Waals surface area contributed by atoms with Crippen molar-refractivity contribution in [3.8, 4) is 36.5 Å². The van der Waals surface area contributed by atoms with Crippen LogP contribution in [0.2, 0.25) is 0 Å². The first kappa shape index (κ1) is 101. The standard InChI is InChI=1S/C30H30OP.3C18H15P.C13H14O3.3CO2.3ClH.Os.H2S/c1-23(19-29-28-21-30(2,3)20-24(28)22-31-29)32(25-13-7-4-8-14-25,26-15-9-5-10-16-26)27-17-11-6-12-18-27;3*1-4-10-16(11-5-1)19(17-12-6-2-7-13-17)18-14-8-3-9-15-18;1-5-9-13(3,12(15)16-4)10-7-8-11(14)6-2;3*2-1-3;;;;;/h4-19,22H,20-21H2,1-3H3;3*1-15H;1-2,11,14H,9-10H2,3-4H3;;;;3*1H;;1H2/q+1;;;;;;;;;;;+2;/p-3/b23-19+;;;;;;;;;;;;. The van der Waals surface area contributed by atoms with Crippen LogP contribution in [0.3, 0.4) is 0 Å². The molecule has 0 aliphatic heterocycles. The second kappa shape index (κ2) is 56.8. The zero-order chi connectivity index (χ0) is 84.4. The molecule has 1 aromatic heterocycles. The van der Waals surface area contributed by atoms with E-state index >= 15 is 0 Å². The van der Waals surface area contributed by atoms with Gasteiger partial charge in [-0.1, -0.05) is 359 Å². The van der Waals surface area contributed by atoms with Crippen LogP contribution in [0.4, 0.5) is 0 Å². The van der Waals surface area contributed by atoms with E-state index in [0.717, 1.165) is 18.6 Å². The summed E-state index contributed by atoms with van der Waals surface area (Å²) in [5, 5.41) is 27.1. The van der Waals surface area contributed by atoms with Crippen LogP contribution >= 0.6 is 63.8 Å². The van der Waals surface area contributed by atoms with Gasteiger partial charge in [0.05, 0.1) is 24.1 Å². The van der Waals surface area contributed by atoms with E-state index in [1.54, 1.807) is 6.92 Å². The Morgan fingerprint density at radius 2 is 0.714 bits per heavy atom. The van der Waals surface area contributed by atoms with Gasteiger partial charge in [-0.15, -0.1) is 18.8 Å². The molecule has 13 aromatic rings. The Labute approximate surface area is 734 Å². The van der Waals surface area contributed by atoms with Gasteiger partial charge in [0, 0.05) is 24.5 Å². The maximum Gasteiger partial charge on any atom is -0.0134 e. The number of ether oxygens (including phenoxy) is 1. The summed E-state index contributed by atoms with van der Waals surface area (Å²) in [4.78, 5) is 60.2. The van der Waals surface area contributed by atoms with Crippen molar-refractivity contribution in [2.75, 3.05) is 7.11 Å². The normalized spacial score (nSPS) is 11.6. The molecule has 1 N–H and O–H groups in total. The van der Waals surface area contributed by atoms with Crippen LogP contribution in [-0.2, 0) is 66.5 Å². The van der Waals surface area contributed by atoms with Crippen LogP contribution in [0, 0.1) is 47.4 Å². The summed E-state index contributed by atoms with van der Waals surface area (Å²) in [5.41, 5.74) is 2.21. The minimum Gasteiger partial charge on any atom is -0.0622 e. The Bertz CT molecular complexity index is 4630. The third kappa shape index (κ3) is 31.9. The zero-order valence-corrected chi connectivity index (χ0v) is 75.6. The topological polar surface area (TPSA) is 162 Å². The largest absolute Gasteiger partial charge is 0.0622 e. The number of hydrogen-bond acceptors (Lipinski definition) is 10. The van der Waals surface area contributed by atoms with Gasteiger partial charge in [-0.25, -0.2) is 0 Å². The minimum atomic E-state index is -2.04. The number of aliphatic hydroxyl groups is 1. The summed E-state index contributed by atoms with van der Waals surface area (Å²) >= 11 is -0.639. The van der Waals surface area contributed by atoms with Crippen molar-refractivity contribution in [3.05, 3.63) is 392 Å². The van der Waals surface area contributed by atoms with E-state index in [9.17, 15) is 4.79 Å². The van der Waals surface area contributed by atoms with Gasteiger partial charge in [0.25, 0.3) is 0 Å². The molecule has 12 aromatic carbocycles. The fraction of sp³-hybridized carbons (Fsp3) is 0.120. The fourth-order valence-corrected chi connectivity index (χ4v) is 24.1. The van der Waals surface area contributed by atoms with Crippen molar-refractivity contribution >= 4 is 158 Å². The summed E-state index contributed by atoms with van der Waals surface area (Å²) in [6.07, 6.45) is 16.7. The van der Waals surface area contributed by atoms with Crippen molar-refractivity contribution < 1.29 is 75.6 Å². The summed E-state index contributed by atoms with van der Waals surface area (Å²) in [6.45, 7) is 8.66. The SMILES string of the molecule is C#CCC(C)(CC#CC(O)C#C)C(=O)OC.C/C(=C\c1occ2c1CC(C)(C)C2)[P+](c1ccccc1)(c1ccccc1)c1ccccc1.O=C=O.O=C=O.O=C=O.S.[Cl-].[Cl][Os][Cl].c1ccc(P(c2ccccc2)c2ccccc2)cc1.c1ccc(P(c2ccccc2)c2ccccc2)cc1.c1ccc(P(c2ccccc2)c2ccccc2)cc1. The first-order valence-corrected chi connectivity index (χ1v) is 48.8. The maximum absolute atomic E-state index is 11.5. The number of methoxy groups -OCH3 is 1. The van der Waals surface area contributed by atoms with Gasteiger partial charge in [0.1, 0.15) is 28.9 Å². The fourth-order valence-electron chi connectivity index (χ4n) is 12.9. The van der Waals surface area contributed by atoms with E-state index < -0.39 is 63.9 Å². The predicted molar refractivity (Wildman–Crippen MR) is 492 cm³/mol. The number of fused-ring (bicyclic) bond motifs is 1. The average molecular weight is 1910 g/mol. The van der Waals surface area contributed by atoms with Crippen LogP contribution in [0.5, 0.6) is 0 Å². The van der Waals surface area contributed by atoms with Crippen LogP contribution in [0.15, 0.2) is 380 Å². The van der Waals surface area contributed by atoms with Crippen molar-refractivity contribution in [2.24, 2.45) is 10.8 Å². The van der Waals surface area contributed by atoms with Gasteiger partial charge >= 0.3 is 59.1 Å². The van der Waals surface area contributed by atoms with Crippen LogP contribution < -0.4 is 76.1 Å². The first-order valence-electron chi connectivity index (χ1n) is 36.7. The number of carbonyl (C=O) groups excluding carboxylic acids is 7. The first-order chi connectivity index (χ1) is 57.0. The van der Waals surface area contributed by atoms with E-state index in [1.807, 2.05) is 6.26 Å². The molecule has 0 radical (unpaired) electrons. The number of hydrogen-bond donors (Lipinski definition) is 1. The molecule has 19 heteroatoms. The maximum atomic E-state index is 11.5. The van der Waals surface area contributed by atoms with Crippen LogP contribution in [0.25, 0.3) is 6.08 Å². The molecule has 1 aliphatic rings. The molecule has 1 aliphatic carbocycles.